The number of allylic oxidation sites excluding steroid dienone is 2. The fraction of sp³-hybridized carbons (Fsp3) is 0.412. The summed E-state index contributed by atoms with van der Waals surface area (Å²) in [6.45, 7) is 3.90. The molecule has 1 aliphatic carbocycles. The molecule has 0 saturated heterocycles. The average molecular weight is 305 g/mol. The third kappa shape index (κ3) is 2.56. The first-order valence-corrected chi connectivity index (χ1v) is 7.28. The van der Waals surface area contributed by atoms with Crippen molar-refractivity contribution in [2.75, 3.05) is 0 Å². The average Bonchev–Trinajstić information content (AvgIpc) is 2.38. The number of Topliss-reactive ketones (excluding diaryl/α,β-unsaturated/α-hetero) is 1. The van der Waals surface area contributed by atoms with Crippen LogP contribution in [0.25, 0.3) is 0 Å². The van der Waals surface area contributed by atoms with Gasteiger partial charge in [0.25, 0.3) is 0 Å². The standard InChI is InChI=1S/C17H17F2NO2/c1-17(2)7-13-16(14(21)8-17)11(6-15(22)20-13)10-5-9(18)3-4-12(10)19/h3-5,11H,6-8H2,1-2H3,(H,20,22)/t11-/m1/s1. The van der Waals surface area contributed by atoms with Crippen LogP contribution in [0.4, 0.5) is 8.78 Å². The predicted molar refractivity (Wildman–Crippen MR) is 76.9 cm³/mol. The van der Waals surface area contributed by atoms with E-state index in [1.165, 1.54) is 0 Å². The Morgan fingerprint density at radius 3 is 2.64 bits per heavy atom. The molecule has 0 unspecified atom stereocenters. The van der Waals surface area contributed by atoms with E-state index in [0.717, 1.165) is 18.2 Å². The third-order valence-corrected chi connectivity index (χ3v) is 4.28. The van der Waals surface area contributed by atoms with E-state index in [1.54, 1.807) is 0 Å². The van der Waals surface area contributed by atoms with Gasteiger partial charge in [0.2, 0.25) is 5.91 Å². The van der Waals surface area contributed by atoms with Crippen molar-refractivity contribution in [2.24, 2.45) is 5.41 Å². The van der Waals surface area contributed by atoms with Gasteiger partial charge < -0.3 is 5.32 Å². The summed E-state index contributed by atoms with van der Waals surface area (Å²) in [5.41, 5.74) is 0.830. The van der Waals surface area contributed by atoms with Crippen molar-refractivity contribution in [2.45, 2.75) is 39.0 Å². The maximum atomic E-state index is 14.1. The fourth-order valence-corrected chi connectivity index (χ4v) is 3.40. The lowest BCUT2D eigenvalue weighted by Gasteiger charge is -2.37. The zero-order valence-corrected chi connectivity index (χ0v) is 12.5. The van der Waals surface area contributed by atoms with Crippen LogP contribution in [0.2, 0.25) is 0 Å². The summed E-state index contributed by atoms with van der Waals surface area (Å²) in [5, 5.41) is 2.74. The Morgan fingerprint density at radius 2 is 1.91 bits per heavy atom. The Kier molecular flexibility index (Phi) is 3.38. The van der Waals surface area contributed by atoms with Gasteiger partial charge in [0.15, 0.2) is 5.78 Å². The van der Waals surface area contributed by atoms with Crippen molar-refractivity contribution in [3.8, 4) is 0 Å². The van der Waals surface area contributed by atoms with Crippen molar-refractivity contribution in [1.29, 1.82) is 0 Å². The van der Waals surface area contributed by atoms with Crippen LogP contribution in [-0.2, 0) is 9.59 Å². The van der Waals surface area contributed by atoms with E-state index in [0.29, 0.717) is 24.1 Å². The largest absolute Gasteiger partial charge is 0.329 e. The number of hydrogen-bond acceptors (Lipinski definition) is 2. The molecule has 3 rings (SSSR count). The lowest BCUT2D eigenvalue weighted by atomic mass is 9.70. The van der Waals surface area contributed by atoms with Crippen molar-refractivity contribution in [3.63, 3.8) is 0 Å². The summed E-state index contributed by atoms with van der Waals surface area (Å²) in [4.78, 5) is 24.4. The van der Waals surface area contributed by atoms with Gasteiger partial charge in [-0.15, -0.1) is 0 Å². The highest BCUT2D eigenvalue weighted by molar-refractivity contribution is 6.02. The predicted octanol–water partition coefficient (Wildman–Crippen LogP) is 3.21. The lowest BCUT2D eigenvalue weighted by Crippen LogP contribution is -2.40. The molecule has 0 fully saturated rings. The number of hydrogen-bond donors (Lipinski definition) is 1. The number of halogens is 2. The summed E-state index contributed by atoms with van der Waals surface area (Å²) in [5.74, 6) is -2.24. The Balaban J connectivity index is 2.13. The molecule has 5 heteroatoms. The van der Waals surface area contributed by atoms with E-state index in [1.807, 2.05) is 13.8 Å². The second-order valence-electron chi connectivity index (χ2n) is 6.80. The van der Waals surface area contributed by atoms with Crippen molar-refractivity contribution in [1.82, 2.24) is 5.32 Å². The van der Waals surface area contributed by atoms with Crippen LogP contribution in [0.3, 0.4) is 0 Å². The molecule has 0 aromatic heterocycles. The maximum absolute atomic E-state index is 14.1. The molecule has 2 aliphatic rings. The van der Waals surface area contributed by atoms with E-state index in [-0.39, 0.29) is 29.1 Å². The Morgan fingerprint density at radius 1 is 1.18 bits per heavy atom. The van der Waals surface area contributed by atoms with Crippen LogP contribution in [-0.4, -0.2) is 11.7 Å². The Bertz CT molecular complexity index is 707. The highest BCUT2D eigenvalue weighted by Crippen LogP contribution is 2.44. The SMILES string of the molecule is CC1(C)CC(=O)C2=C(C1)NC(=O)C[C@@H]2c1cc(F)ccc1F. The number of rotatable bonds is 1. The normalized spacial score (nSPS) is 24.1. The van der Waals surface area contributed by atoms with E-state index >= 15 is 0 Å². The van der Waals surface area contributed by atoms with Crippen LogP contribution < -0.4 is 5.32 Å². The quantitative estimate of drug-likeness (QED) is 0.866. The maximum Gasteiger partial charge on any atom is 0.225 e. The number of carbonyl (C=O) groups excluding carboxylic acids is 2. The minimum Gasteiger partial charge on any atom is -0.329 e. The highest BCUT2D eigenvalue weighted by Gasteiger charge is 2.41. The van der Waals surface area contributed by atoms with Crippen LogP contribution in [0.15, 0.2) is 29.5 Å². The smallest absolute Gasteiger partial charge is 0.225 e. The molecular formula is C17H17F2NO2. The topological polar surface area (TPSA) is 46.2 Å². The van der Waals surface area contributed by atoms with Gasteiger partial charge >= 0.3 is 0 Å². The van der Waals surface area contributed by atoms with Crippen LogP contribution >= 0.6 is 0 Å². The molecule has 0 saturated carbocycles. The van der Waals surface area contributed by atoms with E-state index in [9.17, 15) is 18.4 Å². The van der Waals surface area contributed by atoms with Crippen molar-refractivity contribution >= 4 is 11.7 Å². The monoisotopic (exact) mass is 305 g/mol. The molecule has 0 radical (unpaired) electrons. The Hall–Kier alpha value is -2.04. The molecule has 1 aliphatic heterocycles. The fourth-order valence-electron chi connectivity index (χ4n) is 3.40. The molecule has 22 heavy (non-hydrogen) atoms. The summed E-state index contributed by atoms with van der Waals surface area (Å²) >= 11 is 0. The molecule has 3 nitrogen and oxygen atoms in total. The number of amides is 1. The van der Waals surface area contributed by atoms with Crippen molar-refractivity contribution in [3.05, 3.63) is 46.7 Å². The lowest BCUT2D eigenvalue weighted by molar-refractivity contribution is -0.122. The molecular weight excluding hydrogens is 288 g/mol. The van der Waals surface area contributed by atoms with Gasteiger partial charge in [-0.25, -0.2) is 8.78 Å². The van der Waals surface area contributed by atoms with Gasteiger partial charge in [0.05, 0.1) is 0 Å². The zero-order valence-electron chi connectivity index (χ0n) is 12.5. The van der Waals surface area contributed by atoms with Gasteiger partial charge in [0.1, 0.15) is 11.6 Å². The van der Waals surface area contributed by atoms with Crippen LogP contribution in [0.5, 0.6) is 0 Å². The molecule has 1 heterocycles. The molecule has 116 valence electrons. The molecule has 1 atom stereocenters. The van der Waals surface area contributed by atoms with E-state index < -0.39 is 17.6 Å². The molecule has 1 aromatic carbocycles. The summed E-state index contributed by atoms with van der Waals surface area (Å²) < 4.78 is 27.6. The second-order valence-corrected chi connectivity index (χ2v) is 6.80. The number of ketones is 1. The summed E-state index contributed by atoms with van der Waals surface area (Å²) in [6, 6.07) is 3.15. The molecule has 1 amide bonds. The molecule has 0 bridgehead atoms. The minimum absolute atomic E-state index is 0.0363. The van der Waals surface area contributed by atoms with Crippen molar-refractivity contribution < 1.29 is 18.4 Å². The Labute approximate surface area is 127 Å². The number of carbonyl (C=O) groups is 2. The van der Waals surface area contributed by atoms with Gasteiger partial charge in [-0.05, 0) is 35.6 Å². The first-order chi connectivity index (χ1) is 10.3. The highest BCUT2D eigenvalue weighted by atomic mass is 19.1. The summed E-state index contributed by atoms with van der Waals surface area (Å²) in [6.07, 6.45) is 0.855. The molecule has 0 spiro atoms. The molecule has 1 aromatic rings. The first kappa shape index (κ1) is 14.9. The van der Waals surface area contributed by atoms with Gasteiger partial charge in [-0.2, -0.15) is 0 Å². The van der Waals surface area contributed by atoms with E-state index in [4.69, 9.17) is 0 Å². The van der Waals surface area contributed by atoms with Crippen LogP contribution in [0, 0.1) is 17.0 Å². The first-order valence-electron chi connectivity index (χ1n) is 7.28. The molecule has 1 N–H and O–H groups in total. The number of nitrogens with one attached hydrogen (secondary N) is 1. The second kappa shape index (κ2) is 5.00. The van der Waals surface area contributed by atoms with Gasteiger partial charge in [0, 0.05) is 30.0 Å². The zero-order chi connectivity index (χ0) is 16.1. The van der Waals surface area contributed by atoms with Gasteiger partial charge in [-0.1, -0.05) is 13.8 Å². The minimum atomic E-state index is -0.706. The van der Waals surface area contributed by atoms with Gasteiger partial charge in [-0.3, -0.25) is 9.59 Å². The summed E-state index contributed by atoms with van der Waals surface area (Å²) in [7, 11) is 0. The number of benzene rings is 1. The van der Waals surface area contributed by atoms with E-state index in [2.05, 4.69) is 5.32 Å². The van der Waals surface area contributed by atoms with Crippen LogP contribution in [0.1, 0.15) is 44.6 Å². The third-order valence-electron chi connectivity index (χ3n) is 4.28.